The lowest BCUT2D eigenvalue weighted by atomic mass is 10.2. The van der Waals surface area contributed by atoms with Gasteiger partial charge in [-0.1, -0.05) is 18.2 Å². The molecule has 0 aliphatic rings. The van der Waals surface area contributed by atoms with Gasteiger partial charge in [0.2, 0.25) is 5.91 Å². The molecule has 1 heterocycles. The minimum atomic E-state index is -0.0708. The molecule has 0 aliphatic heterocycles. The lowest BCUT2D eigenvalue weighted by Crippen LogP contribution is -2.35. The van der Waals surface area contributed by atoms with Crippen LogP contribution in [0.15, 0.2) is 30.3 Å². The molecule has 2 aromatic rings. The standard InChI is InChI=1S/C18H23N5O/c1-14-17(12-22(3)13-18(24)20-11-7-10-19)15(2)23(21-14)16-8-5-4-6-9-16/h4-6,8-9H,7,11-13H2,1-3H3,(H,20,24). The lowest BCUT2D eigenvalue weighted by molar-refractivity contribution is -0.122. The van der Waals surface area contributed by atoms with Crippen molar-refractivity contribution in [3.8, 4) is 11.8 Å². The predicted molar refractivity (Wildman–Crippen MR) is 92.6 cm³/mol. The molecule has 1 aromatic heterocycles. The predicted octanol–water partition coefficient (Wildman–Crippen LogP) is 1.95. The maximum absolute atomic E-state index is 11.8. The Kier molecular flexibility index (Phi) is 6.10. The highest BCUT2D eigenvalue weighted by Gasteiger charge is 2.15. The number of carbonyl (C=O) groups is 1. The number of nitrogens with zero attached hydrogens (tertiary/aromatic N) is 4. The van der Waals surface area contributed by atoms with Crippen LogP contribution in [-0.4, -0.2) is 40.7 Å². The van der Waals surface area contributed by atoms with E-state index in [9.17, 15) is 4.79 Å². The second-order valence-electron chi connectivity index (χ2n) is 5.83. The number of amides is 1. The van der Waals surface area contributed by atoms with E-state index in [4.69, 9.17) is 5.26 Å². The molecule has 0 unspecified atom stereocenters. The molecule has 0 fully saturated rings. The Morgan fingerprint density at radius 3 is 2.71 bits per heavy atom. The monoisotopic (exact) mass is 325 g/mol. The van der Waals surface area contributed by atoms with Crippen molar-refractivity contribution in [2.75, 3.05) is 20.1 Å². The van der Waals surface area contributed by atoms with E-state index in [1.807, 2.05) is 66.9 Å². The van der Waals surface area contributed by atoms with Crippen molar-refractivity contribution < 1.29 is 4.79 Å². The molecule has 0 spiro atoms. The van der Waals surface area contributed by atoms with Gasteiger partial charge in [-0.25, -0.2) is 4.68 Å². The van der Waals surface area contributed by atoms with Crippen molar-refractivity contribution in [3.05, 3.63) is 47.3 Å². The SMILES string of the molecule is Cc1nn(-c2ccccc2)c(C)c1CN(C)CC(=O)NCCC#N. The van der Waals surface area contributed by atoms with Crippen LogP contribution in [0.4, 0.5) is 0 Å². The Labute approximate surface area is 142 Å². The van der Waals surface area contributed by atoms with Crippen LogP contribution in [0, 0.1) is 25.2 Å². The molecule has 0 aliphatic carbocycles. The average Bonchev–Trinajstić information content (AvgIpc) is 2.84. The summed E-state index contributed by atoms with van der Waals surface area (Å²) in [5.74, 6) is -0.0708. The first-order chi connectivity index (χ1) is 11.5. The first-order valence-corrected chi connectivity index (χ1v) is 7.95. The summed E-state index contributed by atoms with van der Waals surface area (Å²) in [5, 5.41) is 15.9. The fraction of sp³-hybridized carbons (Fsp3) is 0.389. The zero-order valence-electron chi connectivity index (χ0n) is 14.4. The lowest BCUT2D eigenvalue weighted by Gasteiger charge is -2.16. The first-order valence-electron chi connectivity index (χ1n) is 7.95. The van der Waals surface area contributed by atoms with Crippen LogP contribution in [0.1, 0.15) is 23.4 Å². The number of carbonyl (C=O) groups excluding carboxylic acids is 1. The van der Waals surface area contributed by atoms with Gasteiger partial charge in [0.15, 0.2) is 0 Å². The summed E-state index contributed by atoms with van der Waals surface area (Å²) in [6.07, 6.45) is 0.331. The number of nitrogens with one attached hydrogen (secondary N) is 1. The summed E-state index contributed by atoms with van der Waals surface area (Å²) in [6, 6.07) is 12.0. The maximum Gasteiger partial charge on any atom is 0.234 e. The molecule has 0 bridgehead atoms. The van der Waals surface area contributed by atoms with Crippen LogP contribution < -0.4 is 5.32 Å². The minimum Gasteiger partial charge on any atom is -0.354 e. The van der Waals surface area contributed by atoms with E-state index < -0.39 is 0 Å². The van der Waals surface area contributed by atoms with Crippen LogP contribution in [0.3, 0.4) is 0 Å². The Morgan fingerprint density at radius 2 is 2.04 bits per heavy atom. The fourth-order valence-corrected chi connectivity index (χ4v) is 2.61. The summed E-state index contributed by atoms with van der Waals surface area (Å²) in [6.45, 7) is 5.37. The van der Waals surface area contributed by atoms with Crippen molar-refractivity contribution in [3.63, 3.8) is 0 Å². The van der Waals surface area contributed by atoms with E-state index in [2.05, 4.69) is 10.4 Å². The number of hydrogen-bond acceptors (Lipinski definition) is 4. The fourth-order valence-electron chi connectivity index (χ4n) is 2.61. The molecule has 24 heavy (non-hydrogen) atoms. The van der Waals surface area contributed by atoms with Crippen molar-refractivity contribution in [2.24, 2.45) is 0 Å². The van der Waals surface area contributed by atoms with Crippen LogP contribution in [0.25, 0.3) is 5.69 Å². The van der Waals surface area contributed by atoms with E-state index in [1.54, 1.807) is 0 Å². The van der Waals surface area contributed by atoms with Gasteiger partial charge in [0.25, 0.3) is 0 Å². The molecule has 1 N–H and O–H groups in total. The topological polar surface area (TPSA) is 74.0 Å². The number of aryl methyl sites for hydroxylation is 1. The zero-order valence-corrected chi connectivity index (χ0v) is 14.4. The number of benzene rings is 1. The molecule has 6 heteroatoms. The van der Waals surface area contributed by atoms with E-state index in [-0.39, 0.29) is 5.91 Å². The Morgan fingerprint density at radius 1 is 1.33 bits per heavy atom. The molecule has 0 saturated carbocycles. The summed E-state index contributed by atoms with van der Waals surface area (Å²) in [5.41, 5.74) is 4.20. The van der Waals surface area contributed by atoms with Gasteiger partial charge >= 0.3 is 0 Å². The molecule has 0 saturated heterocycles. The highest BCUT2D eigenvalue weighted by Crippen LogP contribution is 2.19. The van der Waals surface area contributed by atoms with Crippen molar-refractivity contribution >= 4 is 5.91 Å². The Balaban J connectivity index is 2.04. The van der Waals surface area contributed by atoms with E-state index in [0.29, 0.717) is 26.1 Å². The number of para-hydroxylation sites is 1. The van der Waals surface area contributed by atoms with Crippen molar-refractivity contribution in [2.45, 2.75) is 26.8 Å². The molecule has 1 aromatic carbocycles. The van der Waals surface area contributed by atoms with Gasteiger partial charge in [-0.2, -0.15) is 10.4 Å². The van der Waals surface area contributed by atoms with Crippen molar-refractivity contribution in [1.82, 2.24) is 20.0 Å². The van der Waals surface area contributed by atoms with E-state index >= 15 is 0 Å². The molecular weight excluding hydrogens is 302 g/mol. The quantitative estimate of drug-likeness (QED) is 0.790. The summed E-state index contributed by atoms with van der Waals surface area (Å²) in [7, 11) is 1.91. The van der Waals surface area contributed by atoms with Crippen LogP contribution in [0.5, 0.6) is 0 Å². The van der Waals surface area contributed by atoms with Gasteiger partial charge in [0.05, 0.1) is 30.4 Å². The largest absolute Gasteiger partial charge is 0.354 e. The highest BCUT2D eigenvalue weighted by molar-refractivity contribution is 5.77. The summed E-state index contributed by atoms with van der Waals surface area (Å²) in [4.78, 5) is 13.8. The minimum absolute atomic E-state index is 0.0708. The molecule has 0 atom stereocenters. The van der Waals surface area contributed by atoms with Gasteiger partial charge < -0.3 is 5.32 Å². The molecule has 2 rings (SSSR count). The third-order valence-electron chi connectivity index (χ3n) is 3.84. The average molecular weight is 325 g/mol. The Bertz CT molecular complexity index is 730. The summed E-state index contributed by atoms with van der Waals surface area (Å²) < 4.78 is 1.94. The molecule has 0 radical (unpaired) electrons. The van der Waals surface area contributed by atoms with Crippen LogP contribution in [-0.2, 0) is 11.3 Å². The number of likely N-dealkylation sites (N-methyl/N-ethyl adjacent to an activating group) is 1. The summed E-state index contributed by atoms with van der Waals surface area (Å²) >= 11 is 0. The van der Waals surface area contributed by atoms with Crippen LogP contribution >= 0.6 is 0 Å². The smallest absolute Gasteiger partial charge is 0.234 e. The number of hydrogen-bond donors (Lipinski definition) is 1. The molecule has 6 nitrogen and oxygen atoms in total. The Hall–Kier alpha value is -2.65. The second-order valence-corrected chi connectivity index (χ2v) is 5.83. The number of nitriles is 1. The number of aromatic nitrogens is 2. The highest BCUT2D eigenvalue weighted by atomic mass is 16.2. The number of rotatable bonds is 7. The third-order valence-corrected chi connectivity index (χ3v) is 3.84. The molecule has 126 valence electrons. The van der Waals surface area contributed by atoms with Gasteiger partial charge in [0.1, 0.15) is 0 Å². The van der Waals surface area contributed by atoms with E-state index in [1.165, 1.54) is 0 Å². The second kappa shape index (κ2) is 8.27. The first kappa shape index (κ1) is 17.7. The van der Waals surface area contributed by atoms with Crippen LogP contribution in [0.2, 0.25) is 0 Å². The normalized spacial score (nSPS) is 10.6. The van der Waals surface area contributed by atoms with Gasteiger partial charge in [-0.3, -0.25) is 9.69 Å². The van der Waals surface area contributed by atoms with E-state index in [0.717, 1.165) is 22.6 Å². The zero-order chi connectivity index (χ0) is 17.5. The van der Waals surface area contributed by atoms with Gasteiger partial charge in [0, 0.05) is 24.3 Å². The maximum atomic E-state index is 11.8. The molecule has 1 amide bonds. The van der Waals surface area contributed by atoms with Crippen molar-refractivity contribution in [1.29, 1.82) is 5.26 Å². The van der Waals surface area contributed by atoms with Gasteiger partial charge in [-0.05, 0) is 33.0 Å². The van der Waals surface area contributed by atoms with Gasteiger partial charge in [-0.15, -0.1) is 0 Å². The molecular formula is C18H23N5O. The third kappa shape index (κ3) is 4.43.